The summed E-state index contributed by atoms with van der Waals surface area (Å²) in [6.07, 6.45) is 0. The monoisotopic (exact) mass is 159 g/mol. The zero-order valence-corrected chi connectivity index (χ0v) is 6.96. The average molecular weight is 159 g/mol. The molecular weight excluding hydrogens is 146 g/mol. The van der Waals surface area contributed by atoms with Gasteiger partial charge in [-0.1, -0.05) is 13.8 Å². The second kappa shape index (κ2) is 4.08. The fourth-order valence-electron chi connectivity index (χ4n) is 0.482. The van der Waals surface area contributed by atoms with Gasteiger partial charge in [0, 0.05) is 6.92 Å². The second-order valence-corrected chi connectivity index (χ2v) is 2.68. The first-order valence-electron chi connectivity index (χ1n) is 3.43. The van der Waals surface area contributed by atoms with Crippen LogP contribution in [0.2, 0.25) is 0 Å². The molecule has 0 aliphatic carbocycles. The van der Waals surface area contributed by atoms with E-state index in [0.717, 1.165) is 0 Å². The van der Waals surface area contributed by atoms with E-state index in [-0.39, 0.29) is 5.92 Å². The lowest BCUT2D eigenvalue weighted by Gasteiger charge is -2.11. The molecule has 4 heteroatoms. The normalized spacial score (nSPS) is 12.8. The molecule has 1 unspecified atom stereocenters. The van der Waals surface area contributed by atoms with Crippen LogP contribution >= 0.6 is 0 Å². The minimum absolute atomic E-state index is 0.0122. The highest BCUT2D eigenvalue weighted by Crippen LogP contribution is 2.00. The molecule has 0 aromatic heterocycles. The van der Waals surface area contributed by atoms with Crippen LogP contribution in [0.4, 0.5) is 0 Å². The van der Waals surface area contributed by atoms with E-state index in [0.29, 0.717) is 0 Å². The van der Waals surface area contributed by atoms with Gasteiger partial charge in [-0.3, -0.25) is 4.79 Å². The maximum absolute atomic E-state index is 10.8. The fraction of sp³-hybridized carbons (Fsp3) is 0.714. The summed E-state index contributed by atoms with van der Waals surface area (Å²) in [6.45, 7) is 4.74. The van der Waals surface area contributed by atoms with Crippen LogP contribution in [0.1, 0.15) is 20.8 Å². The summed E-state index contributed by atoms with van der Waals surface area (Å²) in [4.78, 5) is 21.1. The van der Waals surface area contributed by atoms with E-state index in [2.05, 4.69) is 4.74 Å². The van der Waals surface area contributed by atoms with Gasteiger partial charge >= 0.3 is 11.9 Å². The van der Waals surface area contributed by atoms with Gasteiger partial charge in [-0.15, -0.1) is 0 Å². The zero-order chi connectivity index (χ0) is 9.02. The van der Waals surface area contributed by atoms with E-state index in [1.807, 2.05) is 0 Å². The summed E-state index contributed by atoms with van der Waals surface area (Å²) in [7, 11) is 0. The Morgan fingerprint density at radius 3 is 2.09 bits per heavy atom. The predicted molar refractivity (Wildman–Crippen MR) is 39.6 cm³/mol. The summed E-state index contributed by atoms with van der Waals surface area (Å²) in [5, 5.41) is 0. The molecule has 64 valence electrons. The highest BCUT2D eigenvalue weighted by Gasteiger charge is 2.19. The number of nitrogens with two attached hydrogens (primary N) is 1. The Hall–Kier alpha value is -0.900. The van der Waals surface area contributed by atoms with E-state index >= 15 is 0 Å². The maximum Gasteiger partial charge on any atom is 0.330 e. The maximum atomic E-state index is 10.8. The quantitative estimate of drug-likeness (QED) is 0.457. The number of esters is 2. The van der Waals surface area contributed by atoms with E-state index in [1.54, 1.807) is 13.8 Å². The summed E-state index contributed by atoms with van der Waals surface area (Å²) >= 11 is 0. The van der Waals surface area contributed by atoms with E-state index in [1.165, 1.54) is 6.92 Å². The van der Waals surface area contributed by atoms with Crippen LogP contribution in [-0.2, 0) is 14.3 Å². The van der Waals surface area contributed by atoms with Crippen molar-refractivity contribution in [2.45, 2.75) is 26.8 Å². The minimum Gasteiger partial charge on any atom is -0.392 e. The topological polar surface area (TPSA) is 69.4 Å². The van der Waals surface area contributed by atoms with Crippen molar-refractivity contribution in [3.8, 4) is 0 Å². The Morgan fingerprint density at radius 2 is 1.82 bits per heavy atom. The molecule has 1 atom stereocenters. The van der Waals surface area contributed by atoms with Crippen LogP contribution in [-0.4, -0.2) is 18.0 Å². The first-order chi connectivity index (χ1) is 4.95. The molecule has 0 amide bonds. The van der Waals surface area contributed by atoms with Gasteiger partial charge in [0.05, 0.1) is 0 Å². The lowest BCUT2D eigenvalue weighted by atomic mass is 10.1. The van der Waals surface area contributed by atoms with Crippen molar-refractivity contribution in [2.24, 2.45) is 11.7 Å². The average Bonchev–Trinajstić information content (AvgIpc) is 1.84. The minimum atomic E-state index is -0.709. The van der Waals surface area contributed by atoms with Gasteiger partial charge in [-0.2, -0.15) is 0 Å². The van der Waals surface area contributed by atoms with Crippen LogP contribution in [0.15, 0.2) is 0 Å². The van der Waals surface area contributed by atoms with Crippen molar-refractivity contribution < 1.29 is 14.3 Å². The molecule has 0 aliphatic heterocycles. The molecule has 4 nitrogen and oxygen atoms in total. The van der Waals surface area contributed by atoms with Gasteiger partial charge in [-0.25, -0.2) is 4.79 Å². The number of hydrogen-bond acceptors (Lipinski definition) is 4. The summed E-state index contributed by atoms with van der Waals surface area (Å²) < 4.78 is 4.27. The number of rotatable bonds is 2. The molecule has 0 aliphatic rings. The highest BCUT2D eigenvalue weighted by molar-refractivity contribution is 5.87. The first kappa shape index (κ1) is 10.1. The number of ether oxygens (including phenoxy) is 1. The van der Waals surface area contributed by atoms with Crippen LogP contribution in [0.5, 0.6) is 0 Å². The molecule has 0 rings (SSSR count). The van der Waals surface area contributed by atoms with Gasteiger partial charge < -0.3 is 10.5 Å². The molecule has 0 bridgehead atoms. The molecule has 0 fully saturated rings. The van der Waals surface area contributed by atoms with Crippen molar-refractivity contribution in [3.05, 3.63) is 0 Å². The van der Waals surface area contributed by atoms with Crippen LogP contribution in [0.3, 0.4) is 0 Å². The molecule has 0 saturated carbocycles. The summed E-state index contributed by atoms with van der Waals surface area (Å²) in [5.74, 6) is -1.29. The number of carbonyl (C=O) groups is 2. The largest absolute Gasteiger partial charge is 0.392 e. The molecule has 0 radical (unpaired) electrons. The summed E-state index contributed by atoms with van der Waals surface area (Å²) in [6, 6.07) is -0.709. The highest BCUT2D eigenvalue weighted by atomic mass is 16.6. The molecule has 0 spiro atoms. The Kier molecular flexibility index (Phi) is 3.74. The van der Waals surface area contributed by atoms with Crippen molar-refractivity contribution in [1.82, 2.24) is 0 Å². The van der Waals surface area contributed by atoms with Crippen LogP contribution < -0.4 is 5.73 Å². The van der Waals surface area contributed by atoms with Gasteiger partial charge in [0.2, 0.25) is 0 Å². The third-order valence-corrected chi connectivity index (χ3v) is 1.23. The van der Waals surface area contributed by atoms with Crippen molar-refractivity contribution >= 4 is 11.9 Å². The molecule has 11 heavy (non-hydrogen) atoms. The molecule has 0 heterocycles. The Balaban J connectivity index is 3.93. The van der Waals surface area contributed by atoms with Gasteiger partial charge in [0.15, 0.2) is 0 Å². The predicted octanol–water partition coefficient (Wildman–Crippen LogP) is 0.0594. The van der Waals surface area contributed by atoms with Crippen LogP contribution in [0, 0.1) is 5.92 Å². The van der Waals surface area contributed by atoms with Gasteiger partial charge in [0.25, 0.3) is 0 Å². The third-order valence-electron chi connectivity index (χ3n) is 1.23. The Morgan fingerprint density at radius 1 is 1.36 bits per heavy atom. The summed E-state index contributed by atoms with van der Waals surface area (Å²) in [5.41, 5.74) is 5.38. The third kappa shape index (κ3) is 3.72. The SMILES string of the molecule is CC(=O)OC(=O)C(N)C(C)C. The molecule has 2 N–H and O–H groups in total. The molecule has 0 aromatic carbocycles. The van der Waals surface area contributed by atoms with E-state index in [4.69, 9.17) is 5.73 Å². The lowest BCUT2D eigenvalue weighted by Crippen LogP contribution is -2.37. The lowest BCUT2D eigenvalue weighted by molar-refractivity contribution is -0.159. The van der Waals surface area contributed by atoms with E-state index in [9.17, 15) is 9.59 Å². The zero-order valence-electron chi connectivity index (χ0n) is 6.96. The number of hydrogen-bond donors (Lipinski definition) is 1. The first-order valence-corrected chi connectivity index (χ1v) is 3.43. The van der Waals surface area contributed by atoms with Gasteiger partial charge in [-0.05, 0) is 5.92 Å². The Bertz CT molecular complexity index is 165. The van der Waals surface area contributed by atoms with Crippen LogP contribution in [0.25, 0.3) is 0 Å². The molecule has 0 saturated heterocycles. The fourth-order valence-corrected chi connectivity index (χ4v) is 0.482. The standard InChI is InChI=1S/C7H13NO3/c1-4(2)6(8)7(10)11-5(3)9/h4,6H,8H2,1-3H3. The van der Waals surface area contributed by atoms with Gasteiger partial charge in [0.1, 0.15) is 6.04 Å². The number of carbonyl (C=O) groups excluding carboxylic acids is 2. The molecular formula is C7H13NO3. The van der Waals surface area contributed by atoms with Crippen molar-refractivity contribution in [2.75, 3.05) is 0 Å². The van der Waals surface area contributed by atoms with Crippen molar-refractivity contribution in [1.29, 1.82) is 0 Å². The van der Waals surface area contributed by atoms with E-state index < -0.39 is 18.0 Å². The second-order valence-electron chi connectivity index (χ2n) is 2.68. The smallest absolute Gasteiger partial charge is 0.330 e. The molecule has 0 aromatic rings. The Labute approximate surface area is 65.7 Å². The van der Waals surface area contributed by atoms with Crippen molar-refractivity contribution in [3.63, 3.8) is 0 Å².